The maximum Gasteiger partial charge on any atom is 0.272 e. The number of rotatable bonds is 5. The number of anilines is 1. The summed E-state index contributed by atoms with van der Waals surface area (Å²) in [6, 6.07) is 5.86. The molecule has 0 aromatic heterocycles. The van der Waals surface area contributed by atoms with Gasteiger partial charge in [-0.15, -0.1) is 0 Å². The first-order valence-corrected chi connectivity index (χ1v) is 7.30. The molecule has 1 aliphatic carbocycles. The van der Waals surface area contributed by atoms with Crippen molar-refractivity contribution in [1.29, 1.82) is 0 Å². The average Bonchev–Trinajstić information content (AvgIpc) is 2.87. The maximum atomic E-state index is 10.9. The van der Waals surface area contributed by atoms with E-state index in [1.54, 1.807) is 13.0 Å². The number of benzene rings is 1. The second-order valence-electron chi connectivity index (χ2n) is 5.51. The van der Waals surface area contributed by atoms with E-state index in [0.29, 0.717) is 24.1 Å². The highest BCUT2D eigenvalue weighted by Crippen LogP contribution is 2.34. The number of nitrogens with two attached hydrogens (primary N) is 1. The van der Waals surface area contributed by atoms with Crippen LogP contribution in [0, 0.1) is 23.0 Å². The predicted molar refractivity (Wildman–Crippen MR) is 81.0 cm³/mol. The quantitative estimate of drug-likeness (QED) is 0.663. The SMILES string of the molecule is CCN(c1ccc([N+](=O)[O-])c(C)c1)C1CCCC1CN. The zero-order valence-electron chi connectivity index (χ0n) is 12.2. The van der Waals surface area contributed by atoms with Crippen LogP contribution in [0.2, 0.25) is 0 Å². The molecule has 1 aromatic rings. The van der Waals surface area contributed by atoms with Crippen molar-refractivity contribution < 1.29 is 4.92 Å². The van der Waals surface area contributed by atoms with Gasteiger partial charge in [0, 0.05) is 29.9 Å². The zero-order valence-corrected chi connectivity index (χ0v) is 12.2. The van der Waals surface area contributed by atoms with Crippen LogP contribution in [-0.2, 0) is 0 Å². The standard InChI is InChI=1S/C15H23N3O2/c1-3-17(15-6-4-5-12(15)10-16)13-7-8-14(18(19)20)11(2)9-13/h7-9,12,15H,3-6,10,16H2,1-2H3. The van der Waals surface area contributed by atoms with Gasteiger partial charge < -0.3 is 10.6 Å². The van der Waals surface area contributed by atoms with Crippen molar-refractivity contribution in [2.75, 3.05) is 18.0 Å². The summed E-state index contributed by atoms with van der Waals surface area (Å²) in [5.74, 6) is 0.533. The second kappa shape index (κ2) is 6.22. The Hall–Kier alpha value is -1.62. The van der Waals surface area contributed by atoms with Gasteiger partial charge in [-0.3, -0.25) is 10.1 Å². The fourth-order valence-electron chi connectivity index (χ4n) is 3.33. The molecule has 1 aromatic carbocycles. The molecule has 5 heteroatoms. The molecule has 110 valence electrons. The lowest BCUT2D eigenvalue weighted by Gasteiger charge is -2.34. The summed E-state index contributed by atoms with van der Waals surface area (Å²) in [5, 5.41) is 10.9. The summed E-state index contributed by atoms with van der Waals surface area (Å²) in [7, 11) is 0. The molecule has 2 N–H and O–H groups in total. The lowest BCUT2D eigenvalue weighted by molar-refractivity contribution is -0.385. The molecule has 0 saturated heterocycles. The van der Waals surface area contributed by atoms with E-state index in [1.165, 1.54) is 12.8 Å². The van der Waals surface area contributed by atoms with E-state index in [4.69, 9.17) is 5.73 Å². The first kappa shape index (κ1) is 14.8. The Morgan fingerprint density at radius 2 is 2.20 bits per heavy atom. The van der Waals surface area contributed by atoms with Crippen molar-refractivity contribution in [3.8, 4) is 0 Å². The van der Waals surface area contributed by atoms with Gasteiger partial charge in [-0.25, -0.2) is 0 Å². The van der Waals surface area contributed by atoms with Gasteiger partial charge in [-0.05, 0) is 51.3 Å². The Balaban J connectivity index is 2.28. The van der Waals surface area contributed by atoms with Crippen LogP contribution in [0.3, 0.4) is 0 Å². The van der Waals surface area contributed by atoms with E-state index < -0.39 is 0 Å². The molecule has 0 spiro atoms. The summed E-state index contributed by atoms with van der Waals surface area (Å²) in [6.45, 7) is 5.54. The van der Waals surface area contributed by atoms with E-state index in [9.17, 15) is 10.1 Å². The highest BCUT2D eigenvalue weighted by Gasteiger charge is 2.31. The van der Waals surface area contributed by atoms with E-state index in [2.05, 4.69) is 11.8 Å². The van der Waals surface area contributed by atoms with Gasteiger partial charge in [0.2, 0.25) is 0 Å². The molecule has 1 aliphatic rings. The van der Waals surface area contributed by atoms with Gasteiger partial charge in [-0.1, -0.05) is 6.42 Å². The first-order chi connectivity index (χ1) is 9.58. The minimum atomic E-state index is -0.326. The van der Waals surface area contributed by atoms with Crippen LogP contribution in [0.4, 0.5) is 11.4 Å². The summed E-state index contributed by atoms with van der Waals surface area (Å²) < 4.78 is 0. The van der Waals surface area contributed by atoms with Crippen LogP contribution < -0.4 is 10.6 Å². The Kier molecular flexibility index (Phi) is 4.60. The minimum Gasteiger partial charge on any atom is -0.368 e. The molecule has 0 aliphatic heterocycles. The summed E-state index contributed by atoms with van der Waals surface area (Å²) in [6.07, 6.45) is 3.56. The van der Waals surface area contributed by atoms with Gasteiger partial charge in [0.25, 0.3) is 5.69 Å². The van der Waals surface area contributed by atoms with Gasteiger partial charge in [-0.2, -0.15) is 0 Å². The summed E-state index contributed by atoms with van der Waals surface area (Å²) in [5.41, 5.74) is 7.85. The van der Waals surface area contributed by atoms with Crippen LogP contribution in [0.5, 0.6) is 0 Å². The topological polar surface area (TPSA) is 72.4 Å². The molecule has 1 fully saturated rings. The van der Waals surface area contributed by atoms with Crippen LogP contribution in [0.25, 0.3) is 0 Å². The van der Waals surface area contributed by atoms with Gasteiger partial charge in [0.15, 0.2) is 0 Å². The van der Waals surface area contributed by atoms with Crippen molar-refractivity contribution in [1.82, 2.24) is 0 Å². The van der Waals surface area contributed by atoms with Crippen LogP contribution >= 0.6 is 0 Å². The number of aryl methyl sites for hydroxylation is 1. The molecule has 2 atom stereocenters. The third kappa shape index (κ3) is 2.77. The Morgan fingerprint density at radius 1 is 1.45 bits per heavy atom. The van der Waals surface area contributed by atoms with E-state index in [1.807, 2.05) is 12.1 Å². The Bertz CT molecular complexity index is 490. The minimum absolute atomic E-state index is 0.187. The number of nitro benzene ring substituents is 1. The largest absolute Gasteiger partial charge is 0.368 e. The second-order valence-corrected chi connectivity index (χ2v) is 5.51. The van der Waals surface area contributed by atoms with Crippen molar-refractivity contribution in [3.05, 3.63) is 33.9 Å². The number of hydrogen-bond acceptors (Lipinski definition) is 4. The highest BCUT2D eigenvalue weighted by molar-refractivity contribution is 5.56. The molecular formula is C15H23N3O2. The van der Waals surface area contributed by atoms with Crippen LogP contribution in [0.1, 0.15) is 31.7 Å². The normalized spacial score (nSPS) is 21.9. The number of nitro groups is 1. The third-order valence-electron chi connectivity index (χ3n) is 4.37. The Labute approximate surface area is 119 Å². The molecule has 0 amide bonds. The first-order valence-electron chi connectivity index (χ1n) is 7.30. The lowest BCUT2D eigenvalue weighted by atomic mass is 10.0. The average molecular weight is 277 g/mol. The van der Waals surface area contributed by atoms with Gasteiger partial charge in [0.05, 0.1) is 4.92 Å². The molecule has 0 bridgehead atoms. The smallest absolute Gasteiger partial charge is 0.272 e. The molecule has 0 radical (unpaired) electrons. The fraction of sp³-hybridized carbons (Fsp3) is 0.600. The molecule has 20 heavy (non-hydrogen) atoms. The van der Waals surface area contributed by atoms with Crippen LogP contribution in [-0.4, -0.2) is 24.1 Å². The van der Waals surface area contributed by atoms with E-state index in [0.717, 1.165) is 18.7 Å². The van der Waals surface area contributed by atoms with Crippen molar-refractivity contribution in [2.45, 2.75) is 39.2 Å². The maximum absolute atomic E-state index is 10.9. The molecular weight excluding hydrogens is 254 g/mol. The highest BCUT2D eigenvalue weighted by atomic mass is 16.6. The summed E-state index contributed by atoms with van der Waals surface area (Å²) >= 11 is 0. The Morgan fingerprint density at radius 3 is 2.75 bits per heavy atom. The molecule has 2 rings (SSSR count). The monoisotopic (exact) mass is 277 g/mol. The predicted octanol–water partition coefficient (Wildman–Crippen LogP) is 2.86. The molecule has 1 saturated carbocycles. The molecule has 0 heterocycles. The van der Waals surface area contributed by atoms with Gasteiger partial charge >= 0.3 is 0 Å². The zero-order chi connectivity index (χ0) is 14.7. The number of hydrogen-bond donors (Lipinski definition) is 1. The fourth-order valence-corrected chi connectivity index (χ4v) is 3.33. The van der Waals surface area contributed by atoms with Crippen molar-refractivity contribution >= 4 is 11.4 Å². The van der Waals surface area contributed by atoms with E-state index in [-0.39, 0.29) is 10.6 Å². The third-order valence-corrected chi connectivity index (χ3v) is 4.37. The molecule has 2 unspecified atom stereocenters. The van der Waals surface area contributed by atoms with Crippen LogP contribution in [0.15, 0.2) is 18.2 Å². The van der Waals surface area contributed by atoms with Crippen molar-refractivity contribution in [3.63, 3.8) is 0 Å². The summed E-state index contributed by atoms with van der Waals surface area (Å²) in [4.78, 5) is 12.9. The van der Waals surface area contributed by atoms with Gasteiger partial charge in [0.1, 0.15) is 0 Å². The number of nitrogens with zero attached hydrogens (tertiary/aromatic N) is 2. The van der Waals surface area contributed by atoms with Crippen molar-refractivity contribution in [2.24, 2.45) is 11.7 Å². The lowest BCUT2D eigenvalue weighted by Crippen LogP contribution is -2.40. The van der Waals surface area contributed by atoms with E-state index >= 15 is 0 Å². The molecule has 5 nitrogen and oxygen atoms in total.